The lowest BCUT2D eigenvalue weighted by atomic mass is 10.0. The highest BCUT2D eigenvalue weighted by Gasteiger charge is 2.44. The van der Waals surface area contributed by atoms with Gasteiger partial charge in [-0.25, -0.2) is 4.79 Å². The molecular formula is C14H21N3O7. The monoisotopic (exact) mass is 343 g/mol. The van der Waals surface area contributed by atoms with E-state index in [1.807, 2.05) is 0 Å². The number of nitrogens with zero attached hydrogens (tertiary/aromatic N) is 2. The maximum atomic E-state index is 12.0. The van der Waals surface area contributed by atoms with E-state index in [1.54, 1.807) is 6.92 Å². The minimum absolute atomic E-state index is 0.0428. The second-order valence-corrected chi connectivity index (χ2v) is 5.70. The molecule has 5 N–H and O–H groups in total. The van der Waals surface area contributed by atoms with Crippen LogP contribution >= 0.6 is 0 Å². The summed E-state index contributed by atoms with van der Waals surface area (Å²) < 4.78 is 10.9. The van der Waals surface area contributed by atoms with Gasteiger partial charge in [-0.2, -0.15) is 4.98 Å². The van der Waals surface area contributed by atoms with E-state index in [4.69, 9.17) is 15.6 Å². The molecule has 0 aromatic carbocycles. The van der Waals surface area contributed by atoms with Crippen LogP contribution in [0.2, 0.25) is 0 Å². The van der Waals surface area contributed by atoms with Crippen LogP contribution in [0, 0.1) is 5.92 Å². The quantitative estimate of drug-likeness (QED) is 0.435. The minimum atomic E-state index is -1.42. The Bertz CT molecular complexity index is 662. The third-order valence-electron chi connectivity index (χ3n) is 3.98. The van der Waals surface area contributed by atoms with Gasteiger partial charge in [-0.15, -0.1) is 0 Å². The second-order valence-electron chi connectivity index (χ2n) is 5.70. The van der Waals surface area contributed by atoms with E-state index in [0.717, 1.165) is 4.57 Å². The van der Waals surface area contributed by atoms with Gasteiger partial charge >= 0.3 is 11.7 Å². The number of carbonyl (C=O) groups excluding carboxylic acids is 1. The first-order valence-electron chi connectivity index (χ1n) is 7.38. The van der Waals surface area contributed by atoms with Crippen molar-refractivity contribution in [1.29, 1.82) is 0 Å². The van der Waals surface area contributed by atoms with Gasteiger partial charge in [-0.3, -0.25) is 9.36 Å². The average molecular weight is 343 g/mol. The van der Waals surface area contributed by atoms with E-state index < -0.39 is 48.7 Å². The zero-order valence-electron chi connectivity index (χ0n) is 13.3. The maximum absolute atomic E-state index is 12.0. The molecule has 5 atom stereocenters. The number of anilines is 1. The number of aliphatic hydroxyl groups is 3. The van der Waals surface area contributed by atoms with Crippen LogP contribution < -0.4 is 11.4 Å². The van der Waals surface area contributed by atoms with Crippen LogP contribution in [0.5, 0.6) is 0 Å². The average Bonchev–Trinajstić information content (AvgIpc) is 2.84. The van der Waals surface area contributed by atoms with E-state index in [1.165, 1.54) is 13.3 Å². The Balaban J connectivity index is 2.33. The summed E-state index contributed by atoms with van der Waals surface area (Å²) in [5, 5.41) is 28.9. The topological polar surface area (TPSA) is 157 Å². The van der Waals surface area contributed by atoms with Crippen LogP contribution in [0.25, 0.3) is 0 Å². The molecule has 10 nitrogen and oxygen atoms in total. The molecule has 0 radical (unpaired) electrons. The molecule has 2 rings (SSSR count). The van der Waals surface area contributed by atoms with Crippen molar-refractivity contribution in [1.82, 2.24) is 9.55 Å². The highest BCUT2D eigenvalue weighted by atomic mass is 16.6. The summed E-state index contributed by atoms with van der Waals surface area (Å²) in [6, 6.07) is 0. The molecule has 1 fully saturated rings. The normalized spacial score (nSPS) is 27.9. The minimum Gasteiger partial charge on any atom is -0.469 e. The number of hydrogen-bond acceptors (Lipinski definition) is 9. The lowest BCUT2D eigenvalue weighted by molar-refractivity contribution is -0.144. The van der Waals surface area contributed by atoms with Crippen LogP contribution in [0.4, 0.5) is 5.82 Å². The van der Waals surface area contributed by atoms with Crippen LogP contribution in [-0.2, 0) is 20.7 Å². The smallest absolute Gasteiger partial charge is 0.351 e. The molecule has 1 aromatic heterocycles. The summed E-state index contributed by atoms with van der Waals surface area (Å²) in [6.07, 6.45) is -3.51. The third kappa shape index (κ3) is 3.41. The summed E-state index contributed by atoms with van der Waals surface area (Å²) in [6.45, 7) is 1.12. The number of methoxy groups -OCH3 is 1. The fraction of sp³-hybridized carbons (Fsp3) is 0.643. The Kier molecular flexibility index (Phi) is 5.54. The lowest BCUT2D eigenvalue weighted by Crippen LogP contribution is -2.36. The molecule has 0 saturated carbocycles. The number of aliphatic hydroxyl groups excluding tert-OH is 3. The van der Waals surface area contributed by atoms with Gasteiger partial charge in [-0.05, 0) is 6.42 Å². The molecule has 0 spiro atoms. The number of hydrogen-bond donors (Lipinski definition) is 4. The summed E-state index contributed by atoms with van der Waals surface area (Å²) in [5.74, 6) is -1.01. The molecule has 24 heavy (non-hydrogen) atoms. The van der Waals surface area contributed by atoms with Gasteiger partial charge in [0.1, 0.15) is 24.1 Å². The Morgan fingerprint density at radius 3 is 2.71 bits per heavy atom. The SMILES string of the molecule is COC(=O)C(C)Cc1cn([C@@H]2O[C@H](CO)[C@@H](O)[C@H]2O)c(=O)nc1N. The predicted octanol–water partition coefficient (Wildman–Crippen LogP) is -2.21. The molecule has 1 aliphatic heterocycles. The van der Waals surface area contributed by atoms with Crippen molar-refractivity contribution in [2.24, 2.45) is 5.92 Å². The number of nitrogen functional groups attached to an aromatic ring is 1. The van der Waals surface area contributed by atoms with Gasteiger partial charge in [0.25, 0.3) is 0 Å². The number of aromatic nitrogens is 2. The molecule has 1 unspecified atom stereocenters. The first kappa shape index (κ1) is 18.3. The first-order chi connectivity index (χ1) is 11.3. The van der Waals surface area contributed by atoms with Crippen molar-refractivity contribution < 1.29 is 29.6 Å². The number of nitrogens with two attached hydrogens (primary N) is 1. The number of esters is 1. The zero-order chi connectivity index (χ0) is 18.0. The predicted molar refractivity (Wildman–Crippen MR) is 80.8 cm³/mol. The molecule has 1 aliphatic rings. The van der Waals surface area contributed by atoms with Crippen molar-refractivity contribution in [2.75, 3.05) is 19.5 Å². The fourth-order valence-electron chi connectivity index (χ4n) is 2.59. The highest BCUT2D eigenvalue weighted by molar-refractivity contribution is 5.72. The molecule has 134 valence electrons. The van der Waals surface area contributed by atoms with Gasteiger partial charge in [0.15, 0.2) is 6.23 Å². The van der Waals surface area contributed by atoms with E-state index in [9.17, 15) is 19.8 Å². The summed E-state index contributed by atoms with van der Waals surface area (Å²) >= 11 is 0. The highest BCUT2D eigenvalue weighted by Crippen LogP contribution is 2.28. The maximum Gasteiger partial charge on any atom is 0.351 e. The van der Waals surface area contributed by atoms with Crippen LogP contribution in [0.1, 0.15) is 18.7 Å². The largest absolute Gasteiger partial charge is 0.469 e. The van der Waals surface area contributed by atoms with E-state index in [2.05, 4.69) is 9.72 Å². The molecule has 0 aliphatic carbocycles. The Morgan fingerprint density at radius 1 is 1.50 bits per heavy atom. The van der Waals surface area contributed by atoms with Crippen molar-refractivity contribution in [3.63, 3.8) is 0 Å². The van der Waals surface area contributed by atoms with Crippen LogP contribution in [0.3, 0.4) is 0 Å². The van der Waals surface area contributed by atoms with Gasteiger partial charge in [0.05, 0.1) is 19.6 Å². The van der Waals surface area contributed by atoms with E-state index >= 15 is 0 Å². The molecule has 0 bridgehead atoms. The van der Waals surface area contributed by atoms with Gasteiger partial charge in [-0.1, -0.05) is 6.92 Å². The standard InChI is InChI=1S/C14H21N3O7/c1-6(13(21)23-2)3-7-4-17(14(22)16-11(7)15)12-10(20)9(19)8(5-18)24-12/h4,6,8-10,12,18-20H,3,5H2,1-2H3,(H2,15,16,22)/t6?,8-,9-,10-,12-/m1/s1. The number of ether oxygens (including phenoxy) is 2. The van der Waals surface area contributed by atoms with Crippen molar-refractivity contribution in [2.45, 2.75) is 37.9 Å². The zero-order valence-corrected chi connectivity index (χ0v) is 13.3. The molecule has 10 heteroatoms. The molecule has 2 heterocycles. The molecule has 1 aromatic rings. The summed E-state index contributed by atoms with van der Waals surface area (Å²) in [5.41, 5.74) is 5.34. The van der Waals surface area contributed by atoms with E-state index in [-0.39, 0.29) is 12.2 Å². The Labute approximate surface area is 137 Å². The third-order valence-corrected chi connectivity index (χ3v) is 3.98. The Hall–Kier alpha value is -2.01. The first-order valence-corrected chi connectivity index (χ1v) is 7.38. The molecule has 0 amide bonds. The van der Waals surface area contributed by atoms with E-state index in [0.29, 0.717) is 5.56 Å². The van der Waals surface area contributed by atoms with Crippen LogP contribution in [-0.4, -0.2) is 62.9 Å². The molecular weight excluding hydrogens is 322 g/mol. The van der Waals surface area contributed by atoms with Gasteiger partial charge < -0.3 is 30.5 Å². The lowest BCUT2D eigenvalue weighted by Gasteiger charge is -2.19. The fourth-order valence-corrected chi connectivity index (χ4v) is 2.59. The van der Waals surface area contributed by atoms with Gasteiger partial charge in [0, 0.05) is 11.8 Å². The number of rotatable bonds is 5. The second kappa shape index (κ2) is 7.26. The van der Waals surface area contributed by atoms with Crippen molar-refractivity contribution in [3.05, 3.63) is 22.2 Å². The Morgan fingerprint density at radius 2 is 2.17 bits per heavy atom. The molecule has 1 saturated heterocycles. The summed E-state index contributed by atoms with van der Waals surface area (Å²) in [4.78, 5) is 27.2. The van der Waals surface area contributed by atoms with Gasteiger partial charge in [0.2, 0.25) is 0 Å². The van der Waals surface area contributed by atoms with Crippen molar-refractivity contribution in [3.8, 4) is 0 Å². The summed E-state index contributed by atoms with van der Waals surface area (Å²) in [7, 11) is 1.26. The number of carbonyl (C=O) groups is 1. The van der Waals surface area contributed by atoms with Crippen molar-refractivity contribution >= 4 is 11.8 Å². The van der Waals surface area contributed by atoms with Crippen LogP contribution in [0.15, 0.2) is 11.0 Å².